The predicted octanol–water partition coefficient (Wildman–Crippen LogP) is 6.17. The number of halogens is 2. The summed E-state index contributed by atoms with van der Waals surface area (Å²) in [5.74, 6) is 0.645. The van der Waals surface area contributed by atoms with Gasteiger partial charge in [-0.15, -0.1) is 0 Å². The van der Waals surface area contributed by atoms with Crippen molar-refractivity contribution in [1.82, 2.24) is 4.90 Å². The van der Waals surface area contributed by atoms with Crippen LogP contribution in [0.15, 0.2) is 54.2 Å². The Bertz CT molecular complexity index is 1010. The van der Waals surface area contributed by atoms with E-state index in [4.69, 9.17) is 39.1 Å². The first-order chi connectivity index (χ1) is 13.8. The highest BCUT2D eigenvalue weighted by molar-refractivity contribution is 6.41. The molecule has 3 N–H and O–H groups in total. The first-order valence-corrected chi connectivity index (χ1v) is 9.84. The van der Waals surface area contributed by atoms with Crippen molar-refractivity contribution >= 4 is 46.1 Å². The zero-order chi connectivity index (χ0) is 21.7. The minimum Gasteiger partial charge on any atom is -0.455 e. The van der Waals surface area contributed by atoms with Crippen LogP contribution >= 0.6 is 23.2 Å². The van der Waals surface area contributed by atoms with Crippen molar-refractivity contribution < 1.29 is 9.53 Å². The van der Waals surface area contributed by atoms with Crippen LogP contribution < -0.4 is 10.5 Å². The molecule has 1 aliphatic heterocycles. The number of carbonyl (C=O) groups excluding carboxylic acids is 1. The van der Waals surface area contributed by atoms with Crippen LogP contribution in [0.3, 0.4) is 0 Å². The van der Waals surface area contributed by atoms with Crippen LogP contribution in [0.25, 0.3) is 5.57 Å². The van der Waals surface area contributed by atoms with Crippen LogP contribution in [0, 0.1) is 5.41 Å². The molecule has 0 saturated carbocycles. The van der Waals surface area contributed by atoms with Gasteiger partial charge in [0.15, 0.2) is 0 Å². The predicted molar refractivity (Wildman–Crippen MR) is 121 cm³/mol. The van der Waals surface area contributed by atoms with Crippen LogP contribution in [0.2, 0.25) is 10.0 Å². The molecule has 0 aromatic heterocycles. The number of nitrogens with zero attached hydrogens (tertiary/aromatic N) is 1. The summed E-state index contributed by atoms with van der Waals surface area (Å²) in [6.45, 7) is 5.73. The van der Waals surface area contributed by atoms with Gasteiger partial charge in [0.25, 0.3) is 5.91 Å². The Morgan fingerprint density at radius 3 is 2.38 bits per heavy atom. The number of anilines is 1. The van der Waals surface area contributed by atoms with Crippen molar-refractivity contribution in [3.8, 4) is 11.5 Å². The van der Waals surface area contributed by atoms with E-state index >= 15 is 0 Å². The van der Waals surface area contributed by atoms with Gasteiger partial charge in [0, 0.05) is 35.1 Å². The fourth-order valence-corrected chi connectivity index (χ4v) is 3.20. The van der Waals surface area contributed by atoms with Gasteiger partial charge in [-0.2, -0.15) is 0 Å². The van der Waals surface area contributed by atoms with E-state index in [0.29, 0.717) is 43.9 Å². The Hall–Kier alpha value is -2.76. The summed E-state index contributed by atoms with van der Waals surface area (Å²) < 4.78 is 5.98. The third-order valence-electron chi connectivity index (χ3n) is 4.11. The van der Waals surface area contributed by atoms with Crippen LogP contribution in [-0.2, 0) is 4.79 Å². The second-order valence-electron chi connectivity index (χ2n) is 5.97. The third kappa shape index (κ3) is 4.81. The molecule has 0 fully saturated rings. The maximum Gasteiger partial charge on any atom is 0.259 e. The summed E-state index contributed by atoms with van der Waals surface area (Å²) in [6.07, 6.45) is 3.22. The van der Waals surface area contributed by atoms with Gasteiger partial charge in [-0.05, 0) is 43.3 Å². The molecule has 2 aromatic carbocycles. The second kappa shape index (κ2) is 9.63. The van der Waals surface area contributed by atoms with E-state index in [1.54, 1.807) is 62.6 Å². The van der Waals surface area contributed by atoms with Gasteiger partial charge in [0.2, 0.25) is 0 Å². The quantitative estimate of drug-likeness (QED) is 0.450. The highest BCUT2D eigenvalue weighted by Gasteiger charge is 2.28. The van der Waals surface area contributed by atoms with Crippen LogP contribution in [0.4, 0.5) is 5.69 Å². The number of ether oxygens (including phenoxy) is 1. The maximum absolute atomic E-state index is 12.2. The summed E-state index contributed by atoms with van der Waals surface area (Å²) >= 11 is 12.1. The van der Waals surface area contributed by atoms with Gasteiger partial charge >= 0.3 is 0 Å². The fourth-order valence-electron chi connectivity index (χ4n) is 2.75. The number of carbonyl (C=O) groups is 1. The lowest BCUT2D eigenvalue weighted by atomic mass is 9.92. The molecule has 7 heteroatoms. The second-order valence-corrected chi connectivity index (χ2v) is 6.81. The number of benzene rings is 2. The highest BCUT2D eigenvalue weighted by Crippen LogP contribution is 2.38. The summed E-state index contributed by atoms with van der Waals surface area (Å²) in [5, 5.41) is 9.31. The minimum atomic E-state index is -0.238. The molecule has 152 valence electrons. The van der Waals surface area contributed by atoms with Crippen molar-refractivity contribution in [1.29, 1.82) is 5.41 Å². The Morgan fingerprint density at radius 2 is 1.76 bits per heavy atom. The average Bonchev–Trinajstić information content (AvgIpc) is 2.70. The van der Waals surface area contributed by atoms with Crippen molar-refractivity contribution in [2.75, 3.05) is 12.8 Å². The maximum atomic E-state index is 12.2. The number of hydrogen-bond donors (Lipinski definition) is 2. The Morgan fingerprint density at radius 1 is 1.10 bits per heavy atom. The van der Waals surface area contributed by atoms with Crippen molar-refractivity contribution in [2.24, 2.45) is 0 Å². The lowest BCUT2D eigenvalue weighted by molar-refractivity contribution is -0.123. The van der Waals surface area contributed by atoms with E-state index in [0.717, 1.165) is 0 Å². The molecular formula is C22H23Cl2N3O2. The molecule has 0 aliphatic carbocycles. The summed E-state index contributed by atoms with van der Waals surface area (Å²) in [4.78, 5) is 13.7. The monoisotopic (exact) mass is 431 g/mol. The number of nitrogen functional groups attached to an aromatic ring is 1. The van der Waals surface area contributed by atoms with Crippen molar-refractivity contribution in [2.45, 2.75) is 20.8 Å². The van der Waals surface area contributed by atoms with E-state index in [1.807, 2.05) is 13.8 Å². The zero-order valence-corrected chi connectivity index (χ0v) is 18.2. The van der Waals surface area contributed by atoms with Crippen molar-refractivity contribution in [3.05, 3.63) is 69.9 Å². The number of allylic oxidation sites excluding steroid dienone is 2. The summed E-state index contributed by atoms with van der Waals surface area (Å²) in [5.41, 5.74) is 8.00. The van der Waals surface area contributed by atoms with E-state index in [2.05, 4.69) is 0 Å². The molecule has 1 heterocycles. The molecule has 3 rings (SSSR count). The number of nitrogens with one attached hydrogen (secondary N) is 1. The smallest absolute Gasteiger partial charge is 0.259 e. The molecule has 0 bridgehead atoms. The lowest BCUT2D eigenvalue weighted by Gasteiger charge is -2.25. The van der Waals surface area contributed by atoms with Gasteiger partial charge in [-0.1, -0.05) is 43.1 Å². The van der Waals surface area contributed by atoms with E-state index in [-0.39, 0.29) is 11.6 Å². The molecule has 0 spiro atoms. The van der Waals surface area contributed by atoms with Gasteiger partial charge in [0.05, 0.1) is 16.3 Å². The number of rotatable bonds is 3. The SMILES string of the molecule is C/C=C1\C(=N)C(c2cc(N)ccc2Oc2ccc(Cl)cc2Cl)=CN(C)C1=O.CC. The van der Waals surface area contributed by atoms with Crippen LogP contribution in [0.5, 0.6) is 11.5 Å². The largest absolute Gasteiger partial charge is 0.455 e. The standard InChI is InChI=1S/C20H17Cl2N3O2.C2H6/c1-3-13-19(24)15(10-25(2)20(13)26)14-9-12(23)5-7-17(14)27-18-6-4-11(21)8-16(18)22;1-2/h3-10,24H,23H2,1-2H3;1-2H3/b13-3+,24-19?;. The minimum absolute atomic E-state index is 0.109. The molecule has 0 radical (unpaired) electrons. The highest BCUT2D eigenvalue weighted by atomic mass is 35.5. The molecule has 0 unspecified atom stereocenters. The Labute approximate surface area is 180 Å². The molecule has 29 heavy (non-hydrogen) atoms. The molecular weight excluding hydrogens is 409 g/mol. The normalized spacial score (nSPS) is 15.0. The Kier molecular flexibility index (Phi) is 7.48. The first-order valence-electron chi connectivity index (χ1n) is 9.09. The van der Waals surface area contributed by atoms with E-state index in [9.17, 15) is 4.79 Å². The molecule has 0 saturated heterocycles. The number of hydrogen-bond acceptors (Lipinski definition) is 4. The van der Waals surface area contributed by atoms with Gasteiger partial charge in [-0.3, -0.25) is 10.2 Å². The lowest BCUT2D eigenvalue weighted by Crippen LogP contribution is -2.32. The molecule has 0 atom stereocenters. The van der Waals surface area contributed by atoms with Gasteiger partial charge in [-0.25, -0.2) is 0 Å². The molecule has 2 aromatic rings. The van der Waals surface area contributed by atoms with Crippen LogP contribution in [-0.4, -0.2) is 23.6 Å². The van der Waals surface area contributed by atoms with Crippen molar-refractivity contribution in [3.63, 3.8) is 0 Å². The number of amides is 1. The topological polar surface area (TPSA) is 79.4 Å². The number of nitrogens with two attached hydrogens (primary N) is 1. The van der Waals surface area contributed by atoms with Gasteiger partial charge in [0.1, 0.15) is 11.5 Å². The average molecular weight is 432 g/mol. The molecule has 5 nitrogen and oxygen atoms in total. The molecule has 1 amide bonds. The van der Waals surface area contributed by atoms with E-state index < -0.39 is 0 Å². The zero-order valence-electron chi connectivity index (χ0n) is 16.7. The summed E-state index contributed by atoms with van der Waals surface area (Å²) in [7, 11) is 1.64. The number of likely N-dealkylation sites (N-methyl/N-ethyl adjacent to an activating group) is 1. The third-order valence-corrected chi connectivity index (χ3v) is 4.64. The van der Waals surface area contributed by atoms with E-state index in [1.165, 1.54) is 4.90 Å². The summed E-state index contributed by atoms with van der Waals surface area (Å²) in [6, 6.07) is 10.0. The fraction of sp³-hybridized carbons (Fsp3) is 0.182. The van der Waals surface area contributed by atoms with Crippen LogP contribution in [0.1, 0.15) is 26.3 Å². The first kappa shape index (κ1) is 22.5. The Balaban J connectivity index is 0.00000145. The van der Waals surface area contributed by atoms with Gasteiger partial charge < -0.3 is 15.4 Å². The molecule has 1 aliphatic rings.